The maximum Gasteiger partial charge on any atom is 0 e. The van der Waals surface area contributed by atoms with Crippen molar-refractivity contribution in [2.75, 3.05) is 0 Å². The van der Waals surface area contributed by atoms with E-state index in [2.05, 4.69) is 13.2 Å². The zero-order valence-electron chi connectivity index (χ0n) is 2.10. The Morgan fingerprint density at radius 1 is 1.75 bits per heavy atom. The summed E-state index contributed by atoms with van der Waals surface area (Å²) in [5.74, 6) is 0. The molecule has 0 aliphatic carbocycles. The largest absolute Gasteiger partial charge is 0.342 e. The van der Waals surface area contributed by atoms with E-state index in [4.69, 9.17) is 0 Å². The summed E-state index contributed by atoms with van der Waals surface area (Å²) in [4.78, 5) is 0. The third-order valence-electron chi connectivity index (χ3n) is 0. The smallest absolute Gasteiger partial charge is 0 e. The van der Waals surface area contributed by atoms with Gasteiger partial charge in [-0.2, -0.15) is 0 Å². The van der Waals surface area contributed by atoms with Crippen molar-refractivity contribution in [2.45, 2.75) is 0 Å². The van der Waals surface area contributed by atoms with Crippen molar-refractivity contribution in [3.05, 3.63) is 18.9 Å². The van der Waals surface area contributed by atoms with Crippen molar-refractivity contribution in [3.63, 3.8) is 0 Å². The molecule has 0 fully saturated rings. The normalized spacial score (nSPS) is 2.00. The zero-order chi connectivity index (χ0) is 2.71. The molecule has 0 radical (unpaired) electrons. The van der Waals surface area contributed by atoms with Gasteiger partial charge in [0.05, 0.1) is 0 Å². The molecule has 0 aliphatic rings. The van der Waals surface area contributed by atoms with Gasteiger partial charge >= 0.3 is 0 Å². The fourth-order valence-electron chi connectivity index (χ4n) is 0. The van der Waals surface area contributed by atoms with Gasteiger partial charge in [0.1, 0.15) is 0 Å². The van der Waals surface area contributed by atoms with Gasteiger partial charge in [0, 0.05) is 16.5 Å². The van der Waals surface area contributed by atoms with Gasteiger partial charge in [-0.3, -0.25) is 0 Å². The average Bonchev–Trinajstić information content (AvgIpc) is 0.918. The molecular formula is C3H3Ni-. The van der Waals surface area contributed by atoms with Crippen LogP contribution in [0.25, 0.3) is 0 Å². The van der Waals surface area contributed by atoms with Crippen molar-refractivity contribution in [2.24, 2.45) is 0 Å². The molecule has 0 saturated heterocycles. The molecule has 0 atom stereocenters. The van der Waals surface area contributed by atoms with Crippen molar-refractivity contribution in [1.82, 2.24) is 0 Å². The quantitative estimate of drug-likeness (QED) is 0.238. The Labute approximate surface area is 36.1 Å². The molecule has 0 amide bonds. The van der Waals surface area contributed by atoms with E-state index in [0.29, 0.717) is 0 Å². The Balaban J connectivity index is 0. The van der Waals surface area contributed by atoms with Crippen LogP contribution in [0.4, 0.5) is 0 Å². The van der Waals surface area contributed by atoms with Gasteiger partial charge in [0.15, 0.2) is 0 Å². The molecule has 0 aromatic rings. The molecule has 0 unspecified atom stereocenters. The Bertz CT molecular complexity index is 24.3. The monoisotopic (exact) mass is 97.0 g/mol. The van der Waals surface area contributed by atoms with E-state index in [9.17, 15) is 0 Å². The van der Waals surface area contributed by atoms with Gasteiger partial charge in [0.25, 0.3) is 0 Å². The van der Waals surface area contributed by atoms with E-state index in [0.717, 1.165) is 0 Å². The molecule has 4 heavy (non-hydrogen) atoms. The van der Waals surface area contributed by atoms with Crippen LogP contribution in [0.3, 0.4) is 0 Å². The molecule has 0 N–H and O–H groups in total. The molecule has 0 aromatic carbocycles. The summed E-state index contributed by atoms with van der Waals surface area (Å²) >= 11 is 0. The second-order valence-corrected chi connectivity index (χ2v) is 0.204. The summed E-state index contributed by atoms with van der Waals surface area (Å²) < 4.78 is 0. The van der Waals surface area contributed by atoms with Gasteiger partial charge in [-0.15, -0.1) is 0 Å². The minimum atomic E-state index is 0. The van der Waals surface area contributed by atoms with Crippen LogP contribution >= 0.6 is 0 Å². The topological polar surface area (TPSA) is 0 Å². The molecule has 0 heterocycles. The molecule has 0 saturated carbocycles. The van der Waals surface area contributed by atoms with Crippen molar-refractivity contribution in [1.29, 1.82) is 0 Å². The first-order chi connectivity index (χ1) is 1.41. The van der Waals surface area contributed by atoms with Crippen LogP contribution in [0.2, 0.25) is 0 Å². The Morgan fingerprint density at radius 2 is 1.75 bits per heavy atom. The molecular weight excluding hydrogens is 94.7 g/mol. The van der Waals surface area contributed by atoms with Crippen LogP contribution in [0.15, 0.2) is 12.3 Å². The second kappa shape index (κ2) is 11.9. The maximum atomic E-state index is 4.49. The number of hydrogen-bond acceptors (Lipinski definition) is 0. The van der Waals surface area contributed by atoms with Crippen LogP contribution in [-0.2, 0) is 16.5 Å². The van der Waals surface area contributed by atoms with E-state index >= 15 is 0 Å². The molecule has 0 nitrogen and oxygen atoms in total. The third-order valence-corrected chi connectivity index (χ3v) is 0. The van der Waals surface area contributed by atoms with Crippen LogP contribution in [0.1, 0.15) is 0 Å². The number of rotatable bonds is 0. The fourth-order valence-corrected chi connectivity index (χ4v) is 0. The Hall–Kier alpha value is 0.0135. The van der Waals surface area contributed by atoms with E-state index in [1.807, 2.05) is 5.73 Å². The summed E-state index contributed by atoms with van der Waals surface area (Å²) in [5, 5.41) is 0. The molecule has 0 rings (SSSR count). The zero-order valence-corrected chi connectivity index (χ0v) is 3.09. The summed E-state index contributed by atoms with van der Waals surface area (Å²) in [5.41, 5.74) is 2.00. The van der Waals surface area contributed by atoms with Gasteiger partial charge in [-0.25, -0.2) is 13.2 Å². The first-order valence-electron chi connectivity index (χ1n) is 0.642. The van der Waals surface area contributed by atoms with Crippen LogP contribution in [-0.4, -0.2) is 0 Å². The molecule has 0 spiro atoms. The molecule has 0 aliphatic heterocycles. The summed E-state index contributed by atoms with van der Waals surface area (Å²) in [6.45, 7) is 7.50. The van der Waals surface area contributed by atoms with Crippen LogP contribution < -0.4 is 0 Å². The van der Waals surface area contributed by atoms with Crippen molar-refractivity contribution >= 4 is 0 Å². The predicted molar refractivity (Wildman–Crippen MR) is 13.4 cm³/mol. The standard InChI is InChI=1S/C3H3.Ni/c1-3-2;/h1H,2H2;/q-1;. The first-order valence-corrected chi connectivity index (χ1v) is 0.642. The molecule has 26 valence electrons. The Kier molecular flexibility index (Phi) is 26.7. The van der Waals surface area contributed by atoms with E-state index in [1.165, 1.54) is 0 Å². The Morgan fingerprint density at radius 3 is 1.75 bits per heavy atom. The number of hydrogen-bond donors (Lipinski definition) is 0. The van der Waals surface area contributed by atoms with Gasteiger partial charge < -0.3 is 5.73 Å². The van der Waals surface area contributed by atoms with Gasteiger partial charge in [-0.1, -0.05) is 0 Å². The van der Waals surface area contributed by atoms with Gasteiger partial charge in [-0.05, 0) is 0 Å². The first kappa shape index (κ1) is 8.99. The van der Waals surface area contributed by atoms with Gasteiger partial charge in [0.2, 0.25) is 0 Å². The van der Waals surface area contributed by atoms with Crippen LogP contribution in [0, 0.1) is 6.58 Å². The van der Waals surface area contributed by atoms with Crippen LogP contribution in [0.5, 0.6) is 0 Å². The minimum absolute atomic E-state index is 0. The van der Waals surface area contributed by atoms with Crippen molar-refractivity contribution in [3.8, 4) is 0 Å². The van der Waals surface area contributed by atoms with E-state index in [1.54, 1.807) is 0 Å². The SMILES string of the molecule is [CH-]=C=C.[Ni]. The second-order valence-electron chi connectivity index (χ2n) is 0.204. The van der Waals surface area contributed by atoms with E-state index in [-0.39, 0.29) is 16.5 Å². The molecule has 0 aromatic heterocycles. The third kappa shape index (κ3) is 11300. The average molecular weight is 97.8 g/mol. The van der Waals surface area contributed by atoms with E-state index < -0.39 is 0 Å². The summed E-state index contributed by atoms with van der Waals surface area (Å²) in [7, 11) is 0. The molecule has 1 heteroatoms. The predicted octanol–water partition coefficient (Wildman–Crippen LogP) is 0.758. The summed E-state index contributed by atoms with van der Waals surface area (Å²) in [6.07, 6.45) is 0. The van der Waals surface area contributed by atoms with Crippen molar-refractivity contribution < 1.29 is 16.5 Å². The minimum Gasteiger partial charge on any atom is -0.342 e. The maximum absolute atomic E-state index is 4.49. The fraction of sp³-hybridized carbons (Fsp3) is 0. The summed E-state index contributed by atoms with van der Waals surface area (Å²) in [6, 6.07) is 0. The molecule has 0 bridgehead atoms.